The Morgan fingerprint density at radius 2 is 1.81 bits per heavy atom. The van der Waals surface area contributed by atoms with Gasteiger partial charge in [-0.05, 0) is 12.1 Å². The van der Waals surface area contributed by atoms with Crippen LogP contribution in [0.15, 0.2) is 42.5 Å². The number of halogens is 2. The summed E-state index contributed by atoms with van der Waals surface area (Å²) < 4.78 is 37.3. The number of para-hydroxylation sites is 1. The van der Waals surface area contributed by atoms with Gasteiger partial charge in [0.2, 0.25) is 0 Å². The molecule has 0 spiro atoms. The molecule has 0 saturated heterocycles. The van der Waals surface area contributed by atoms with Crippen LogP contribution in [0.5, 0.6) is 5.75 Å². The lowest BCUT2D eigenvalue weighted by molar-refractivity contribution is 0.145. The van der Waals surface area contributed by atoms with E-state index in [1.54, 1.807) is 31.4 Å². The molecule has 0 saturated carbocycles. The minimum absolute atomic E-state index is 0.221. The van der Waals surface area contributed by atoms with E-state index in [-0.39, 0.29) is 5.56 Å². The number of nitrogens with two attached hydrogens (primary N) is 1. The molecular weight excluding hydrogens is 276 g/mol. The van der Waals surface area contributed by atoms with E-state index in [1.165, 1.54) is 12.1 Å². The number of rotatable bonds is 6. The lowest BCUT2D eigenvalue weighted by Gasteiger charge is -2.18. The predicted molar refractivity (Wildman–Crippen MR) is 76.2 cm³/mol. The molecule has 2 aromatic rings. The monoisotopic (exact) mass is 293 g/mol. The zero-order valence-corrected chi connectivity index (χ0v) is 11.7. The maximum absolute atomic E-state index is 13.8. The van der Waals surface area contributed by atoms with Gasteiger partial charge in [-0.15, -0.1) is 0 Å². The second-order valence-corrected chi connectivity index (χ2v) is 4.52. The Bertz CT molecular complexity index is 605. The molecule has 0 bridgehead atoms. The molecule has 1 unspecified atom stereocenters. The zero-order valence-electron chi connectivity index (χ0n) is 11.7. The largest absolute Gasteiger partial charge is 0.491 e. The van der Waals surface area contributed by atoms with Crippen molar-refractivity contribution in [3.63, 3.8) is 0 Å². The molecule has 0 aliphatic rings. The van der Waals surface area contributed by atoms with Gasteiger partial charge in [-0.3, -0.25) is 0 Å². The van der Waals surface area contributed by atoms with Gasteiger partial charge in [-0.25, -0.2) is 8.78 Å². The first-order chi connectivity index (χ1) is 10.1. The van der Waals surface area contributed by atoms with Gasteiger partial charge in [-0.1, -0.05) is 24.3 Å². The molecule has 0 aromatic heterocycles. The van der Waals surface area contributed by atoms with Crippen molar-refractivity contribution in [1.82, 2.24) is 0 Å². The van der Waals surface area contributed by atoms with Crippen molar-refractivity contribution in [2.24, 2.45) is 5.73 Å². The SMILES string of the molecule is COCCOc1ccccc1C(N)c1ccc(F)cc1F. The summed E-state index contributed by atoms with van der Waals surface area (Å²) in [4.78, 5) is 0. The van der Waals surface area contributed by atoms with Crippen LogP contribution in [0, 0.1) is 11.6 Å². The van der Waals surface area contributed by atoms with Gasteiger partial charge in [0.15, 0.2) is 0 Å². The summed E-state index contributed by atoms with van der Waals surface area (Å²) in [7, 11) is 1.58. The summed E-state index contributed by atoms with van der Waals surface area (Å²) in [6, 6.07) is 9.74. The zero-order chi connectivity index (χ0) is 15.2. The Morgan fingerprint density at radius 1 is 1.05 bits per heavy atom. The maximum Gasteiger partial charge on any atom is 0.131 e. The van der Waals surface area contributed by atoms with Crippen LogP contribution in [0.2, 0.25) is 0 Å². The van der Waals surface area contributed by atoms with E-state index in [9.17, 15) is 8.78 Å². The van der Waals surface area contributed by atoms with Crippen molar-refractivity contribution in [3.8, 4) is 5.75 Å². The summed E-state index contributed by atoms with van der Waals surface area (Å²) in [5, 5.41) is 0. The molecule has 0 heterocycles. The summed E-state index contributed by atoms with van der Waals surface area (Å²) in [6.45, 7) is 0.806. The van der Waals surface area contributed by atoms with Gasteiger partial charge in [0.25, 0.3) is 0 Å². The van der Waals surface area contributed by atoms with Crippen LogP contribution >= 0.6 is 0 Å². The van der Waals surface area contributed by atoms with Gasteiger partial charge >= 0.3 is 0 Å². The molecule has 2 aromatic carbocycles. The third kappa shape index (κ3) is 3.77. The molecule has 1 atom stereocenters. The standard InChI is InChI=1S/C16H17F2NO2/c1-20-8-9-21-15-5-3-2-4-13(15)16(19)12-7-6-11(17)10-14(12)18/h2-7,10,16H,8-9,19H2,1H3. The van der Waals surface area contributed by atoms with Gasteiger partial charge in [0.1, 0.15) is 24.0 Å². The van der Waals surface area contributed by atoms with Gasteiger partial charge < -0.3 is 15.2 Å². The summed E-state index contributed by atoms with van der Waals surface area (Å²) in [6.07, 6.45) is 0. The van der Waals surface area contributed by atoms with E-state index in [2.05, 4.69) is 0 Å². The molecular formula is C16H17F2NO2. The van der Waals surface area contributed by atoms with Crippen LogP contribution < -0.4 is 10.5 Å². The van der Waals surface area contributed by atoms with E-state index in [0.717, 1.165) is 6.07 Å². The van der Waals surface area contributed by atoms with E-state index in [4.69, 9.17) is 15.2 Å². The summed E-state index contributed by atoms with van der Waals surface area (Å²) in [5.74, 6) is -0.743. The van der Waals surface area contributed by atoms with Crippen LogP contribution in [-0.2, 0) is 4.74 Å². The van der Waals surface area contributed by atoms with E-state index in [0.29, 0.717) is 24.5 Å². The Hall–Kier alpha value is -1.98. The van der Waals surface area contributed by atoms with Crippen LogP contribution in [0.25, 0.3) is 0 Å². The van der Waals surface area contributed by atoms with Crippen LogP contribution in [0.3, 0.4) is 0 Å². The Labute approximate surface area is 122 Å². The third-order valence-electron chi connectivity index (χ3n) is 3.10. The average molecular weight is 293 g/mol. The van der Waals surface area contributed by atoms with Crippen molar-refractivity contribution in [2.45, 2.75) is 6.04 Å². The van der Waals surface area contributed by atoms with Crippen molar-refractivity contribution in [3.05, 3.63) is 65.2 Å². The fourth-order valence-corrected chi connectivity index (χ4v) is 2.03. The number of ether oxygens (including phenoxy) is 2. The van der Waals surface area contributed by atoms with Gasteiger partial charge in [0, 0.05) is 24.3 Å². The maximum atomic E-state index is 13.8. The highest BCUT2D eigenvalue weighted by atomic mass is 19.1. The molecule has 0 amide bonds. The molecule has 0 aliphatic carbocycles. The smallest absolute Gasteiger partial charge is 0.131 e. The number of methoxy groups -OCH3 is 1. The molecule has 2 rings (SSSR count). The van der Waals surface area contributed by atoms with Crippen molar-refractivity contribution in [1.29, 1.82) is 0 Å². The summed E-state index contributed by atoms with van der Waals surface area (Å²) >= 11 is 0. The van der Waals surface area contributed by atoms with Gasteiger partial charge in [-0.2, -0.15) is 0 Å². The number of hydrogen-bond donors (Lipinski definition) is 1. The Kier molecular flexibility index (Phi) is 5.25. The minimum Gasteiger partial charge on any atom is -0.491 e. The molecule has 21 heavy (non-hydrogen) atoms. The first kappa shape index (κ1) is 15.4. The highest BCUT2D eigenvalue weighted by Gasteiger charge is 2.17. The van der Waals surface area contributed by atoms with Crippen LogP contribution in [0.1, 0.15) is 17.2 Å². The van der Waals surface area contributed by atoms with Gasteiger partial charge in [0.05, 0.1) is 12.6 Å². The number of hydrogen-bond acceptors (Lipinski definition) is 3. The lowest BCUT2D eigenvalue weighted by Crippen LogP contribution is -2.16. The third-order valence-corrected chi connectivity index (χ3v) is 3.10. The predicted octanol–water partition coefficient (Wildman–Crippen LogP) is 3.04. The minimum atomic E-state index is -0.732. The van der Waals surface area contributed by atoms with E-state index < -0.39 is 17.7 Å². The van der Waals surface area contributed by atoms with E-state index >= 15 is 0 Å². The van der Waals surface area contributed by atoms with Crippen molar-refractivity contribution in [2.75, 3.05) is 20.3 Å². The second-order valence-electron chi connectivity index (χ2n) is 4.52. The average Bonchev–Trinajstić information content (AvgIpc) is 2.47. The molecule has 5 heteroatoms. The molecule has 2 N–H and O–H groups in total. The highest BCUT2D eigenvalue weighted by molar-refractivity contribution is 5.41. The topological polar surface area (TPSA) is 44.5 Å². The Morgan fingerprint density at radius 3 is 2.52 bits per heavy atom. The van der Waals surface area contributed by atoms with Crippen LogP contribution in [0.4, 0.5) is 8.78 Å². The van der Waals surface area contributed by atoms with Crippen molar-refractivity contribution < 1.29 is 18.3 Å². The highest BCUT2D eigenvalue weighted by Crippen LogP contribution is 2.29. The van der Waals surface area contributed by atoms with Crippen molar-refractivity contribution >= 4 is 0 Å². The fraction of sp³-hybridized carbons (Fsp3) is 0.250. The number of benzene rings is 2. The molecule has 112 valence electrons. The molecule has 3 nitrogen and oxygen atoms in total. The Balaban J connectivity index is 2.27. The molecule has 0 radical (unpaired) electrons. The molecule has 0 fully saturated rings. The molecule has 0 aliphatic heterocycles. The first-order valence-corrected chi connectivity index (χ1v) is 6.54. The first-order valence-electron chi connectivity index (χ1n) is 6.54. The quantitative estimate of drug-likeness (QED) is 0.833. The normalized spacial score (nSPS) is 12.2. The van der Waals surface area contributed by atoms with Crippen LogP contribution in [-0.4, -0.2) is 20.3 Å². The van der Waals surface area contributed by atoms with E-state index in [1.807, 2.05) is 0 Å². The fourth-order valence-electron chi connectivity index (χ4n) is 2.03. The summed E-state index contributed by atoms with van der Waals surface area (Å²) in [5.41, 5.74) is 6.96. The lowest BCUT2D eigenvalue weighted by atomic mass is 9.98. The second kappa shape index (κ2) is 7.15.